The van der Waals surface area contributed by atoms with Crippen LogP contribution in [0.1, 0.15) is 29.8 Å². The van der Waals surface area contributed by atoms with Crippen molar-refractivity contribution in [3.8, 4) is 0 Å². The summed E-state index contributed by atoms with van der Waals surface area (Å²) < 4.78 is 1.38. The lowest BCUT2D eigenvalue weighted by atomic mass is 10.2. The van der Waals surface area contributed by atoms with E-state index in [1.807, 2.05) is 11.8 Å². The van der Waals surface area contributed by atoms with E-state index in [1.54, 1.807) is 0 Å². The first kappa shape index (κ1) is 17.3. The molecule has 118 valence electrons. The predicted molar refractivity (Wildman–Crippen MR) is 80.6 cm³/mol. The molecule has 0 fully saturated rings. The van der Waals surface area contributed by atoms with Crippen molar-refractivity contribution in [3.05, 3.63) is 11.9 Å². The topological polar surface area (TPSA) is 109 Å². The molecule has 0 aliphatic heterocycles. The number of carboxylic acids is 1. The van der Waals surface area contributed by atoms with Crippen LogP contribution >= 0.6 is 11.8 Å². The number of carboxylic acid groups (broad SMARTS) is 1. The van der Waals surface area contributed by atoms with E-state index >= 15 is 0 Å². The molecule has 3 N–H and O–H groups in total. The van der Waals surface area contributed by atoms with Crippen molar-refractivity contribution < 1.29 is 14.7 Å². The summed E-state index contributed by atoms with van der Waals surface area (Å²) in [7, 11) is 0. The normalized spacial score (nSPS) is 10.3. The lowest BCUT2D eigenvalue weighted by molar-refractivity contribution is 0.0690. The highest BCUT2D eigenvalue weighted by molar-refractivity contribution is 7.98. The van der Waals surface area contributed by atoms with Gasteiger partial charge in [0, 0.05) is 13.1 Å². The third-order valence-corrected chi connectivity index (χ3v) is 3.39. The first-order valence-corrected chi connectivity index (χ1v) is 8.17. The van der Waals surface area contributed by atoms with E-state index in [0.29, 0.717) is 19.6 Å². The number of rotatable bonds is 10. The zero-order chi connectivity index (χ0) is 15.5. The second-order valence-corrected chi connectivity index (χ2v) is 5.39. The molecule has 0 aliphatic rings. The van der Waals surface area contributed by atoms with Gasteiger partial charge in [-0.15, -0.1) is 5.10 Å². The fourth-order valence-corrected chi connectivity index (χ4v) is 2.10. The van der Waals surface area contributed by atoms with Gasteiger partial charge in [-0.25, -0.2) is 14.3 Å². The van der Waals surface area contributed by atoms with Crippen molar-refractivity contribution in [1.29, 1.82) is 0 Å². The zero-order valence-electron chi connectivity index (χ0n) is 12.0. The number of carbonyl (C=O) groups is 2. The summed E-state index contributed by atoms with van der Waals surface area (Å²) in [4.78, 5) is 22.1. The number of aromatic nitrogens is 3. The van der Waals surface area contributed by atoms with Gasteiger partial charge in [0.25, 0.3) is 0 Å². The molecular weight excluding hydrogens is 294 g/mol. The summed E-state index contributed by atoms with van der Waals surface area (Å²) >= 11 is 1.83. The van der Waals surface area contributed by atoms with Crippen LogP contribution < -0.4 is 10.6 Å². The van der Waals surface area contributed by atoms with Crippen LogP contribution in [0.2, 0.25) is 0 Å². The number of aromatic carboxylic acids is 1. The second kappa shape index (κ2) is 10.0. The fourth-order valence-electron chi connectivity index (χ4n) is 1.60. The molecule has 9 heteroatoms. The van der Waals surface area contributed by atoms with Gasteiger partial charge in [0.2, 0.25) is 0 Å². The van der Waals surface area contributed by atoms with Crippen molar-refractivity contribution in [2.24, 2.45) is 0 Å². The number of hydrogen-bond acceptors (Lipinski definition) is 5. The highest BCUT2D eigenvalue weighted by Crippen LogP contribution is 2.01. The molecule has 0 saturated carbocycles. The maximum absolute atomic E-state index is 11.5. The molecule has 0 aromatic carbocycles. The number of carbonyl (C=O) groups excluding carboxylic acids is 1. The van der Waals surface area contributed by atoms with Crippen molar-refractivity contribution in [2.75, 3.05) is 25.1 Å². The minimum atomic E-state index is -1.12. The highest BCUT2D eigenvalue weighted by Gasteiger charge is 2.07. The van der Waals surface area contributed by atoms with Gasteiger partial charge in [0.1, 0.15) is 0 Å². The molecular formula is C12H21N5O3S. The number of urea groups is 1. The molecule has 1 heterocycles. The Labute approximate surface area is 127 Å². The fraction of sp³-hybridized carbons (Fsp3) is 0.667. The molecule has 0 spiro atoms. The van der Waals surface area contributed by atoms with E-state index in [-0.39, 0.29) is 11.7 Å². The average molecular weight is 315 g/mol. The van der Waals surface area contributed by atoms with E-state index in [4.69, 9.17) is 5.11 Å². The Morgan fingerprint density at radius 3 is 2.71 bits per heavy atom. The van der Waals surface area contributed by atoms with Crippen molar-refractivity contribution in [2.45, 2.75) is 25.8 Å². The van der Waals surface area contributed by atoms with Crippen LogP contribution in [-0.4, -0.2) is 57.2 Å². The Hall–Kier alpha value is -1.77. The third kappa shape index (κ3) is 7.54. The zero-order valence-corrected chi connectivity index (χ0v) is 12.9. The van der Waals surface area contributed by atoms with Gasteiger partial charge in [0.05, 0.1) is 12.7 Å². The Morgan fingerprint density at radius 1 is 1.29 bits per heavy atom. The Bertz CT molecular complexity index is 452. The van der Waals surface area contributed by atoms with Crippen LogP contribution in [0.25, 0.3) is 0 Å². The quantitative estimate of drug-likeness (QED) is 0.551. The molecule has 1 rings (SSSR count). The smallest absolute Gasteiger partial charge is 0.358 e. The summed E-state index contributed by atoms with van der Waals surface area (Å²) in [6.45, 7) is 1.40. The summed E-state index contributed by atoms with van der Waals surface area (Å²) in [6, 6.07) is -0.224. The molecule has 0 saturated heterocycles. The molecule has 0 atom stereocenters. The summed E-state index contributed by atoms with van der Waals surface area (Å²) in [5, 5.41) is 21.3. The van der Waals surface area contributed by atoms with E-state index in [2.05, 4.69) is 27.2 Å². The molecule has 0 aliphatic carbocycles. The van der Waals surface area contributed by atoms with Crippen LogP contribution in [0.3, 0.4) is 0 Å². The number of nitrogens with zero attached hydrogens (tertiary/aromatic N) is 3. The lowest BCUT2D eigenvalue weighted by Crippen LogP contribution is -2.37. The molecule has 0 radical (unpaired) electrons. The van der Waals surface area contributed by atoms with Gasteiger partial charge in [-0.05, 0) is 24.9 Å². The van der Waals surface area contributed by atoms with Crippen molar-refractivity contribution in [3.63, 3.8) is 0 Å². The maximum atomic E-state index is 11.5. The molecule has 0 unspecified atom stereocenters. The highest BCUT2D eigenvalue weighted by atomic mass is 32.2. The SMILES string of the molecule is CSCCCCCNC(=O)NCCn1cc(C(=O)O)nn1. The van der Waals surface area contributed by atoms with Gasteiger partial charge in [-0.1, -0.05) is 11.6 Å². The first-order chi connectivity index (χ1) is 10.1. The van der Waals surface area contributed by atoms with Gasteiger partial charge < -0.3 is 15.7 Å². The van der Waals surface area contributed by atoms with E-state index in [9.17, 15) is 9.59 Å². The Balaban J connectivity index is 2.06. The molecule has 2 amide bonds. The van der Waals surface area contributed by atoms with Crippen LogP contribution in [0.4, 0.5) is 4.79 Å². The van der Waals surface area contributed by atoms with Crippen molar-refractivity contribution >= 4 is 23.8 Å². The van der Waals surface area contributed by atoms with Gasteiger partial charge in [-0.3, -0.25) is 0 Å². The van der Waals surface area contributed by atoms with Gasteiger partial charge in [0.15, 0.2) is 5.69 Å². The molecule has 0 bridgehead atoms. The largest absolute Gasteiger partial charge is 0.476 e. The van der Waals surface area contributed by atoms with Crippen molar-refractivity contribution in [1.82, 2.24) is 25.6 Å². The Morgan fingerprint density at radius 2 is 2.05 bits per heavy atom. The number of thioether (sulfide) groups is 1. The lowest BCUT2D eigenvalue weighted by Gasteiger charge is -2.07. The van der Waals surface area contributed by atoms with Crippen LogP contribution in [0.5, 0.6) is 0 Å². The number of nitrogens with one attached hydrogen (secondary N) is 2. The predicted octanol–water partition coefficient (Wildman–Crippen LogP) is 0.809. The summed E-state index contributed by atoms with van der Waals surface area (Å²) in [5.74, 6) is 0.0380. The van der Waals surface area contributed by atoms with Crippen LogP contribution in [-0.2, 0) is 6.54 Å². The van der Waals surface area contributed by atoms with Gasteiger partial charge >= 0.3 is 12.0 Å². The third-order valence-electron chi connectivity index (χ3n) is 2.70. The molecule has 1 aromatic heterocycles. The van der Waals surface area contributed by atoms with Crippen LogP contribution in [0.15, 0.2) is 6.20 Å². The monoisotopic (exact) mass is 315 g/mol. The Kier molecular flexibility index (Phi) is 8.25. The maximum Gasteiger partial charge on any atom is 0.358 e. The minimum absolute atomic E-state index is 0.107. The number of amides is 2. The van der Waals surface area contributed by atoms with E-state index < -0.39 is 5.97 Å². The summed E-state index contributed by atoms with van der Waals surface area (Å²) in [6.07, 6.45) is 6.66. The second-order valence-electron chi connectivity index (χ2n) is 4.41. The molecule has 8 nitrogen and oxygen atoms in total. The standard InChI is InChI=1S/C12H21N5O3S/c1-21-8-4-2-3-5-13-12(20)14-6-7-17-9-10(11(18)19)15-16-17/h9H,2-8H2,1H3,(H,18,19)(H2,13,14,20). The van der Waals surface area contributed by atoms with Crippen LogP contribution in [0, 0.1) is 0 Å². The molecule has 21 heavy (non-hydrogen) atoms. The average Bonchev–Trinajstić information content (AvgIpc) is 2.92. The minimum Gasteiger partial charge on any atom is -0.476 e. The first-order valence-electron chi connectivity index (χ1n) is 6.77. The number of hydrogen-bond donors (Lipinski definition) is 3. The van der Waals surface area contributed by atoms with E-state index in [0.717, 1.165) is 18.6 Å². The number of unbranched alkanes of at least 4 members (excludes halogenated alkanes) is 2. The summed E-state index contributed by atoms with van der Waals surface area (Å²) in [5.41, 5.74) is -0.107. The van der Waals surface area contributed by atoms with E-state index in [1.165, 1.54) is 17.3 Å². The molecule has 1 aromatic rings. The van der Waals surface area contributed by atoms with Gasteiger partial charge in [-0.2, -0.15) is 11.8 Å².